The van der Waals surface area contributed by atoms with Crippen LogP contribution in [0.25, 0.3) is 5.65 Å². The summed E-state index contributed by atoms with van der Waals surface area (Å²) >= 11 is 0. The van der Waals surface area contributed by atoms with Crippen molar-refractivity contribution in [2.75, 3.05) is 50.8 Å². The zero-order valence-corrected chi connectivity index (χ0v) is 16.2. The molecule has 9 nitrogen and oxygen atoms in total. The molecular formula is C18H27N7O2. The minimum Gasteiger partial charge on any atom is -0.378 e. The van der Waals surface area contributed by atoms with Crippen molar-refractivity contribution in [3.63, 3.8) is 0 Å². The summed E-state index contributed by atoms with van der Waals surface area (Å²) in [6.07, 6.45) is 0. The van der Waals surface area contributed by atoms with E-state index in [1.54, 1.807) is 0 Å². The van der Waals surface area contributed by atoms with Gasteiger partial charge < -0.3 is 19.9 Å². The lowest BCUT2D eigenvalue weighted by molar-refractivity contribution is 0.0529. The molecule has 146 valence electrons. The summed E-state index contributed by atoms with van der Waals surface area (Å²) < 4.78 is 7.11. The third-order valence-electron chi connectivity index (χ3n) is 5.04. The minimum absolute atomic E-state index is 0.00982. The van der Waals surface area contributed by atoms with E-state index < -0.39 is 0 Å². The number of carbonyl (C=O) groups is 1. The van der Waals surface area contributed by atoms with E-state index in [0.717, 1.165) is 30.4 Å². The summed E-state index contributed by atoms with van der Waals surface area (Å²) in [7, 11) is 0. The third kappa shape index (κ3) is 3.69. The Kier molecular flexibility index (Phi) is 4.63. The molecule has 9 heteroatoms. The van der Waals surface area contributed by atoms with Crippen LogP contribution in [-0.4, -0.2) is 76.7 Å². The smallest absolute Gasteiger partial charge is 0.317 e. The number of nitrogens with zero attached hydrogens (tertiary/aromatic N) is 6. The molecule has 0 radical (unpaired) electrons. The number of hydrogen-bond acceptors (Lipinski definition) is 6. The van der Waals surface area contributed by atoms with Gasteiger partial charge in [0.05, 0.1) is 13.2 Å². The molecule has 0 aromatic carbocycles. The number of amides is 2. The second-order valence-corrected chi connectivity index (χ2v) is 8.29. The summed E-state index contributed by atoms with van der Waals surface area (Å²) in [5, 5.41) is 16.3. The van der Waals surface area contributed by atoms with Crippen molar-refractivity contribution < 1.29 is 9.53 Å². The Morgan fingerprint density at radius 3 is 2.67 bits per heavy atom. The van der Waals surface area contributed by atoms with Crippen molar-refractivity contribution >= 4 is 17.5 Å². The molecule has 0 aliphatic carbocycles. The Balaban J connectivity index is 1.33. The van der Waals surface area contributed by atoms with Gasteiger partial charge >= 0.3 is 6.03 Å². The Labute approximate surface area is 158 Å². The number of carbonyl (C=O) groups excluding carboxylic acids is 1. The van der Waals surface area contributed by atoms with Crippen LogP contribution in [0.3, 0.4) is 0 Å². The highest BCUT2D eigenvalue weighted by Gasteiger charge is 2.30. The molecule has 4 rings (SSSR count). The van der Waals surface area contributed by atoms with Gasteiger partial charge in [0, 0.05) is 44.1 Å². The zero-order chi connectivity index (χ0) is 19.0. The maximum Gasteiger partial charge on any atom is 0.317 e. The van der Waals surface area contributed by atoms with Gasteiger partial charge in [0.1, 0.15) is 5.82 Å². The number of nitrogens with one attached hydrogen (secondary N) is 1. The maximum absolute atomic E-state index is 12.2. The molecule has 27 heavy (non-hydrogen) atoms. The normalized spacial score (nSPS) is 18.6. The fraction of sp³-hybridized carbons (Fsp3) is 0.667. The van der Waals surface area contributed by atoms with Gasteiger partial charge in [-0.05, 0) is 12.1 Å². The number of ether oxygens (including phenoxy) is 1. The first-order valence-electron chi connectivity index (χ1n) is 9.50. The number of rotatable bonds is 3. The lowest BCUT2D eigenvalue weighted by Gasteiger charge is -2.40. The van der Waals surface area contributed by atoms with Gasteiger partial charge in [0.2, 0.25) is 0 Å². The van der Waals surface area contributed by atoms with Crippen LogP contribution >= 0.6 is 0 Å². The summed E-state index contributed by atoms with van der Waals surface area (Å²) in [6, 6.07) is 3.95. The number of morpholine rings is 1. The monoisotopic (exact) mass is 373 g/mol. The Morgan fingerprint density at radius 2 is 1.96 bits per heavy atom. The molecule has 1 N–H and O–H groups in total. The maximum atomic E-state index is 12.2. The molecule has 4 heterocycles. The molecule has 2 amide bonds. The second kappa shape index (κ2) is 6.95. The van der Waals surface area contributed by atoms with Crippen molar-refractivity contribution in [2.45, 2.75) is 26.2 Å². The van der Waals surface area contributed by atoms with Crippen molar-refractivity contribution in [2.24, 2.45) is 5.92 Å². The van der Waals surface area contributed by atoms with Crippen LogP contribution in [0.15, 0.2) is 12.1 Å². The predicted octanol–water partition coefficient (Wildman–Crippen LogP) is 0.900. The van der Waals surface area contributed by atoms with Gasteiger partial charge in [-0.2, -0.15) is 4.52 Å². The number of anilines is 1. The molecule has 2 aliphatic heterocycles. The highest BCUT2D eigenvalue weighted by Crippen LogP contribution is 2.25. The topological polar surface area (TPSA) is 87.9 Å². The minimum atomic E-state index is -0.119. The standard InChI is InChI=1S/C18H27N7O2/c1-18(2,3)16-21-20-14-4-5-15(22-25(14)16)24-11-13(12-24)10-19-17(26)23-6-8-27-9-7-23/h4-5,13H,6-12H2,1-3H3,(H,19,26). The van der Waals surface area contributed by atoms with E-state index in [1.807, 2.05) is 21.5 Å². The number of fused-ring (bicyclic) bond motifs is 1. The van der Waals surface area contributed by atoms with Crippen LogP contribution in [0.1, 0.15) is 26.6 Å². The molecule has 2 aromatic heterocycles. The summed E-state index contributed by atoms with van der Waals surface area (Å²) in [6.45, 7) is 11.4. The van der Waals surface area contributed by atoms with E-state index in [-0.39, 0.29) is 11.4 Å². The first kappa shape index (κ1) is 18.0. The molecule has 2 aromatic rings. The zero-order valence-electron chi connectivity index (χ0n) is 16.2. The molecule has 2 saturated heterocycles. The number of urea groups is 1. The van der Waals surface area contributed by atoms with Gasteiger partial charge in [0.15, 0.2) is 11.5 Å². The van der Waals surface area contributed by atoms with Crippen molar-refractivity contribution in [3.8, 4) is 0 Å². The van der Waals surface area contributed by atoms with Gasteiger partial charge in [-0.1, -0.05) is 20.8 Å². The van der Waals surface area contributed by atoms with E-state index >= 15 is 0 Å². The first-order valence-corrected chi connectivity index (χ1v) is 9.50. The van der Waals surface area contributed by atoms with E-state index in [2.05, 4.69) is 41.2 Å². The van der Waals surface area contributed by atoms with Crippen LogP contribution < -0.4 is 10.2 Å². The molecule has 0 unspecified atom stereocenters. The Hall–Kier alpha value is -2.42. The average Bonchev–Trinajstić information content (AvgIpc) is 3.04. The van der Waals surface area contributed by atoms with E-state index in [9.17, 15) is 4.79 Å². The van der Waals surface area contributed by atoms with Crippen LogP contribution in [0.5, 0.6) is 0 Å². The second-order valence-electron chi connectivity index (χ2n) is 8.29. The van der Waals surface area contributed by atoms with Crippen LogP contribution in [0.4, 0.5) is 10.6 Å². The van der Waals surface area contributed by atoms with Crippen LogP contribution in [0.2, 0.25) is 0 Å². The van der Waals surface area contributed by atoms with Crippen LogP contribution in [0, 0.1) is 5.92 Å². The lowest BCUT2D eigenvalue weighted by Crippen LogP contribution is -2.54. The van der Waals surface area contributed by atoms with Crippen LogP contribution in [-0.2, 0) is 10.2 Å². The highest BCUT2D eigenvalue weighted by atomic mass is 16.5. The predicted molar refractivity (Wildman–Crippen MR) is 101 cm³/mol. The Morgan fingerprint density at radius 1 is 1.22 bits per heavy atom. The molecule has 0 saturated carbocycles. The van der Waals surface area contributed by atoms with Gasteiger partial charge in [-0.25, -0.2) is 4.79 Å². The summed E-state index contributed by atoms with van der Waals surface area (Å²) in [5.74, 6) is 2.22. The highest BCUT2D eigenvalue weighted by molar-refractivity contribution is 5.74. The number of aromatic nitrogens is 4. The van der Waals surface area contributed by atoms with Gasteiger partial charge in [-0.3, -0.25) is 0 Å². The molecule has 2 fully saturated rings. The molecule has 0 atom stereocenters. The number of hydrogen-bond donors (Lipinski definition) is 1. The fourth-order valence-electron chi connectivity index (χ4n) is 3.41. The molecule has 2 aliphatic rings. The van der Waals surface area contributed by atoms with Crippen molar-refractivity contribution in [1.29, 1.82) is 0 Å². The first-order chi connectivity index (χ1) is 12.9. The summed E-state index contributed by atoms with van der Waals surface area (Å²) in [5.41, 5.74) is 0.644. The van der Waals surface area contributed by atoms with Gasteiger partial charge in [0.25, 0.3) is 0 Å². The Bertz CT molecular complexity index is 817. The lowest BCUT2D eigenvalue weighted by atomic mass is 9.96. The average molecular weight is 373 g/mol. The molecule has 0 spiro atoms. The van der Waals surface area contributed by atoms with E-state index in [1.165, 1.54) is 0 Å². The largest absolute Gasteiger partial charge is 0.378 e. The quantitative estimate of drug-likeness (QED) is 0.860. The van der Waals surface area contributed by atoms with E-state index in [4.69, 9.17) is 9.84 Å². The third-order valence-corrected chi connectivity index (χ3v) is 5.04. The summed E-state index contributed by atoms with van der Waals surface area (Å²) in [4.78, 5) is 16.2. The van der Waals surface area contributed by atoms with Crippen molar-refractivity contribution in [1.82, 2.24) is 30.0 Å². The van der Waals surface area contributed by atoms with Crippen molar-refractivity contribution in [3.05, 3.63) is 18.0 Å². The fourth-order valence-corrected chi connectivity index (χ4v) is 3.41. The molecular weight excluding hydrogens is 346 g/mol. The SMILES string of the molecule is CC(C)(C)c1nnc2ccc(N3CC(CNC(=O)N4CCOCC4)C3)nn12. The van der Waals surface area contributed by atoms with E-state index in [0.29, 0.717) is 38.8 Å². The van der Waals surface area contributed by atoms with Gasteiger partial charge in [-0.15, -0.1) is 15.3 Å². The molecule has 0 bridgehead atoms.